The Balaban J connectivity index is 0.00000200. The number of nitro groups is 1. The van der Waals surface area contributed by atoms with Gasteiger partial charge >= 0.3 is 0 Å². The smallest absolute Gasteiger partial charge is 0.269 e. The van der Waals surface area contributed by atoms with E-state index in [9.17, 15) is 14.9 Å². The zero-order valence-corrected chi connectivity index (χ0v) is 12.0. The minimum Gasteiger partial charge on any atom is -1.00 e. The number of halogens is 1. The number of benzene rings is 1. The number of primary amides is 1. The van der Waals surface area contributed by atoms with Crippen LogP contribution in [0.3, 0.4) is 0 Å². The van der Waals surface area contributed by atoms with Crippen molar-refractivity contribution >= 4 is 11.6 Å². The lowest BCUT2D eigenvalue weighted by molar-refractivity contribution is -0.688. The van der Waals surface area contributed by atoms with Crippen molar-refractivity contribution in [1.82, 2.24) is 0 Å². The first-order chi connectivity index (χ1) is 9.06. The van der Waals surface area contributed by atoms with Crippen LogP contribution in [-0.2, 0) is 6.54 Å². The summed E-state index contributed by atoms with van der Waals surface area (Å²) in [4.78, 5) is 21.2. The second-order valence-electron chi connectivity index (χ2n) is 4.05. The van der Waals surface area contributed by atoms with E-state index < -0.39 is 10.8 Å². The van der Waals surface area contributed by atoms with Gasteiger partial charge in [-0.05, 0) is 18.2 Å². The van der Waals surface area contributed by atoms with E-state index in [4.69, 9.17) is 5.73 Å². The van der Waals surface area contributed by atoms with Crippen molar-refractivity contribution in [3.8, 4) is 0 Å². The van der Waals surface area contributed by atoms with E-state index in [1.807, 2.05) is 0 Å². The predicted octanol–water partition coefficient (Wildman–Crippen LogP) is -1.97. The highest BCUT2D eigenvalue weighted by molar-refractivity contribution is 5.92. The number of amides is 1. The maximum absolute atomic E-state index is 11.1. The van der Waals surface area contributed by atoms with Crippen molar-refractivity contribution < 1.29 is 31.3 Å². The van der Waals surface area contributed by atoms with E-state index in [1.54, 1.807) is 41.2 Å². The summed E-state index contributed by atoms with van der Waals surface area (Å²) in [7, 11) is 0. The van der Waals surface area contributed by atoms with E-state index in [-0.39, 0.29) is 22.7 Å². The molecule has 104 valence electrons. The first-order valence-corrected chi connectivity index (χ1v) is 5.58. The zero-order valence-electron chi connectivity index (χ0n) is 10.4. The van der Waals surface area contributed by atoms with Gasteiger partial charge in [-0.15, -0.1) is 0 Å². The summed E-state index contributed by atoms with van der Waals surface area (Å²) >= 11 is 0. The van der Waals surface area contributed by atoms with Crippen molar-refractivity contribution in [2.75, 3.05) is 0 Å². The summed E-state index contributed by atoms with van der Waals surface area (Å²) in [5, 5.41) is 10.5. The Hall–Kier alpha value is -2.28. The Kier molecular flexibility index (Phi) is 5.33. The van der Waals surface area contributed by atoms with E-state index in [1.165, 1.54) is 12.1 Å². The first kappa shape index (κ1) is 15.8. The average molecular weight is 338 g/mol. The second kappa shape index (κ2) is 6.76. The normalized spacial score (nSPS) is 9.60. The van der Waals surface area contributed by atoms with Crippen molar-refractivity contribution in [2.24, 2.45) is 5.73 Å². The number of carbonyl (C=O) groups is 1. The molecule has 6 nitrogen and oxygen atoms in total. The number of nitro benzene ring substituents is 1. The molecule has 1 aromatic carbocycles. The lowest BCUT2D eigenvalue weighted by Crippen LogP contribution is -3.00. The molecule has 0 fully saturated rings. The molecule has 20 heavy (non-hydrogen) atoms. The Morgan fingerprint density at radius 3 is 2.45 bits per heavy atom. The Bertz CT molecular complexity index is 629. The van der Waals surface area contributed by atoms with Crippen LogP contribution < -0.4 is 27.3 Å². The summed E-state index contributed by atoms with van der Waals surface area (Å²) in [6.45, 7) is 0.513. The molecular weight excluding hydrogens is 326 g/mol. The van der Waals surface area contributed by atoms with E-state index >= 15 is 0 Å². The minimum absolute atomic E-state index is 0. The fourth-order valence-electron chi connectivity index (χ4n) is 1.70. The molecule has 1 aromatic heterocycles. The summed E-state index contributed by atoms with van der Waals surface area (Å²) in [6, 6.07) is 9.63. The largest absolute Gasteiger partial charge is 1.00 e. The van der Waals surface area contributed by atoms with Gasteiger partial charge in [-0.3, -0.25) is 14.9 Å². The molecule has 0 bridgehead atoms. The van der Waals surface area contributed by atoms with Gasteiger partial charge in [0.1, 0.15) is 5.56 Å². The van der Waals surface area contributed by atoms with Crippen molar-refractivity contribution in [2.45, 2.75) is 6.54 Å². The highest BCUT2D eigenvalue weighted by Gasteiger charge is 2.09. The maximum Gasteiger partial charge on any atom is 0.269 e. The topological polar surface area (TPSA) is 90.1 Å². The fraction of sp³-hybridized carbons (Fsp3) is 0.0769. The summed E-state index contributed by atoms with van der Waals surface area (Å²) in [5.74, 6) is -0.488. The first-order valence-electron chi connectivity index (χ1n) is 5.58. The third-order valence-corrected chi connectivity index (χ3v) is 2.66. The van der Waals surface area contributed by atoms with Gasteiger partial charge < -0.3 is 22.7 Å². The third kappa shape index (κ3) is 3.86. The van der Waals surface area contributed by atoms with Gasteiger partial charge in [-0.2, -0.15) is 4.57 Å². The van der Waals surface area contributed by atoms with Crippen molar-refractivity contribution in [1.29, 1.82) is 0 Å². The molecule has 2 aromatic rings. The molecule has 2 N–H and O–H groups in total. The molecule has 0 saturated carbocycles. The van der Waals surface area contributed by atoms with Crippen LogP contribution in [0.15, 0.2) is 48.8 Å². The Morgan fingerprint density at radius 2 is 1.90 bits per heavy atom. The zero-order chi connectivity index (χ0) is 13.8. The highest BCUT2D eigenvalue weighted by atomic mass is 79.9. The molecule has 0 unspecified atom stereocenters. The van der Waals surface area contributed by atoms with Crippen LogP contribution in [0, 0.1) is 10.1 Å². The number of carbonyl (C=O) groups excluding carboxylic acids is 1. The molecule has 0 aliphatic rings. The highest BCUT2D eigenvalue weighted by Crippen LogP contribution is 2.11. The van der Waals surface area contributed by atoms with Gasteiger partial charge in [0.25, 0.3) is 11.6 Å². The molecule has 2 rings (SSSR count). The van der Waals surface area contributed by atoms with Crippen LogP contribution in [0.2, 0.25) is 0 Å². The van der Waals surface area contributed by atoms with Gasteiger partial charge in [0.2, 0.25) is 0 Å². The van der Waals surface area contributed by atoms with Gasteiger partial charge in [-0.25, -0.2) is 0 Å². The molecule has 1 amide bonds. The molecule has 0 radical (unpaired) electrons. The number of hydrogen-bond acceptors (Lipinski definition) is 3. The van der Waals surface area contributed by atoms with Gasteiger partial charge in [0.15, 0.2) is 18.9 Å². The number of nitrogens with two attached hydrogens (primary N) is 1. The molecule has 0 aliphatic heterocycles. The fourth-order valence-corrected chi connectivity index (χ4v) is 1.70. The monoisotopic (exact) mass is 337 g/mol. The molecule has 0 aliphatic carbocycles. The van der Waals surface area contributed by atoms with Gasteiger partial charge in [-0.1, -0.05) is 0 Å². The average Bonchev–Trinajstić information content (AvgIpc) is 2.39. The Labute approximate surface area is 125 Å². The van der Waals surface area contributed by atoms with Gasteiger partial charge in [0, 0.05) is 23.8 Å². The number of rotatable bonds is 4. The van der Waals surface area contributed by atoms with Crippen molar-refractivity contribution in [3.05, 3.63) is 70.0 Å². The number of pyridine rings is 1. The standard InChI is InChI=1S/C13H11N3O3.BrH/c14-13(17)11-2-1-7-15(9-11)8-10-3-5-12(6-4-10)16(18)19;/h1-7,9H,8H2,(H-,14,17);1H. The summed E-state index contributed by atoms with van der Waals surface area (Å²) in [5.41, 5.74) is 6.58. The van der Waals surface area contributed by atoms with E-state index in [2.05, 4.69) is 0 Å². The Morgan fingerprint density at radius 1 is 1.25 bits per heavy atom. The van der Waals surface area contributed by atoms with Crippen LogP contribution in [-0.4, -0.2) is 10.8 Å². The van der Waals surface area contributed by atoms with Crippen LogP contribution in [0.5, 0.6) is 0 Å². The minimum atomic E-state index is -0.488. The quantitative estimate of drug-likeness (QED) is 0.399. The second-order valence-corrected chi connectivity index (χ2v) is 4.05. The molecule has 0 saturated heterocycles. The van der Waals surface area contributed by atoms with Gasteiger partial charge in [0.05, 0.1) is 4.92 Å². The lowest BCUT2D eigenvalue weighted by Gasteiger charge is -1.99. The lowest BCUT2D eigenvalue weighted by atomic mass is 10.2. The van der Waals surface area contributed by atoms with E-state index in [0.29, 0.717) is 12.1 Å². The van der Waals surface area contributed by atoms with Crippen LogP contribution in [0.4, 0.5) is 5.69 Å². The number of nitrogens with zero attached hydrogens (tertiary/aromatic N) is 2. The third-order valence-electron chi connectivity index (χ3n) is 2.66. The molecule has 0 spiro atoms. The predicted molar refractivity (Wildman–Crippen MR) is 67.4 cm³/mol. The number of hydrogen-bond donors (Lipinski definition) is 1. The van der Waals surface area contributed by atoms with Crippen molar-refractivity contribution in [3.63, 3.8) is 0 Å². The van der Waals surface area contributed by atoms with Crippen LogP contribution >= 0.6 is 0 Å². The maximum atomic E-state index is 11.1. The summed E-state index contributed by atoms with van der Waals surface area (Å²) in [6.07, 6.45) is 3.44. The number of aromatic nitrogens is 1. The van der Waals surface area contributed by atoms with Crippen LogP contribution in [0.25, 0.3) is 0 Å². The van der Waals surface area contributed by atoms with Crippen LogP contribution in [0.1, 0.15) is 15.9 Å². The number of non-ortho nitro benzene ring substituents is 1. The SMILES string of the molecule is NC(=O)c1ccc[n+](Cc2ccc([N+](=O)[O-])cc2)c1.[Br-]. The summed E-state index contributed by atoms with van der Waals surface area (Å²) < 4.78 is 1.79. The molecule has 1 heterocycles. The molecule has 0 atom stereocenters. The molecule has 7 heteroatoms. The van der Waals surface area contributed by atoms with E-state index in [0.717, 1.165) is 5.56 Å². The molecular formula is C13H12BrN3O3.